The molecule has 126 valence electrons. The van der Waals surface area contributed by atoms with Gasteiger partial charge >= 0.3 is 0 Å². The molecule has 0 bridgehead atoms. The molecule has 0 saturated heterocycles. The average molecular weight is 329 g/mol. The predicted octanol–water partition coefficient (Wildman–Crippen LogP) is 6.26. The molecule has 3 aromatic carbocycles. The number of benzene rings is 3. The molecule has 4 rings (SSSR count). The number of H-pyrrole nitrogens is 1. The van der Waals surface area contributed by atoms with Crippen LogP contribution in [0, 0.1) is 6.92 Å². The smallest absolute Gasteiger partial charge is 0.118 e. The quantitative estimate of drug-likeness (QED) is 0.470. The molecule has 2 nitrogen and oxygen atoms in total. The van der Waals surface area contributed by atoms with E-state index in [-0.39, 0.29) is 0 Å². The highest BCUT2D eigenvalue weighted by atomic mass is 16.5. The summed E-state index contributed by atoms with van der Waals surface area (Å²) < 4.78 is 5.34. The molecule has 0 spiro atoms. The Bertz CT molecular complexity index is 1040. The molecule has 4 aromatic rings. The van der Waals surface area contributed by atoms with E-state index in [2.05, 4.69) is 61.3 Å². The lowest BCUT2D eigenvalue weighted by atomic mass is 9.92. The van der Waals surface area contributed by atoms with Crippen molar-refractivity contribution in [2.24, 2.45) is 0 Å². The normalized spacial score (nSPS) is 11.3. The van der Waals surface area contributed by atoms with Crippen molar-refractivity contribution in [2.45, 2.75) is 26.7 Å². The fourth-order valence-electron chi connectivity index (χ4n) is 3.71. The molecular formula is C23H23NO. The largest absolute Gasteiger partial charge is 0.497 e. The van der Waals surface area contributed by atoms with E-state index in [1.54, 1.807) is 7.11 Å². The lowest BCUT2D eigenvalue weighted by molar-refractivity contribution is 0.415. The summed E-state index contributed by atoms with van der Waals surface area (Å²) in [6.07, 6.45) is 2.21. The molecule has 0 radical (unpaired) electrons. The van der Waals surface area contributed by atoms with Crippen molar-refractivity contribution in [3.05, 3.63) is 65.7 Å². The van der Waals surface area contributed by atoms with E-state index in [0.29, 0.717) is 0 Å². The maximum Gasteiger partial charge on any atom is 0.118 e. The number of nitrogens with one attached hydrogen (secondary N) is 1. The van der Waals surface area contributed by atoms with Crippen molar-refractivity contribution < 1.29 is 4.74 Å². The average Bonchev–Trinajstić information content (AvgIpc) is 3.00. The zero-order chi connectivity index (χ0) is 17.4. The second-order valence-electron chi connectivity index (χ2n) is 6.67. The van der Waals surface area contributed by atoms with Crippen LogP contribution in [0.15, 0.2) is 54.6 Å². The molecule has 0 aliphatic carbocycles. The van der Waals surface area contributed by atoms with Crippen LogP contribution < -0.4 is 4.74 Å². The van der Waals surface area contributed by atoms with Gasteiger partial charge in [-0.25, -0.2) is 0 Å². The van der Waals surface area contributed by atoms with Crippen molar-refractivity contribution >= 4 is 21.8 Å². The summed E-state index contributed by atoms with van der Waals surface area (Å²) in [5.41, 5.74) is 7.68. The Morgan fingerprint density at radius 1 is 0.920 bits per heavy atom. The van der Waals surface area contributed by atoms with Crippen molar-refractivity contribution in [1.29, 1.82) is 0 Å². The van der Waals surface area contributed by atoms with Crippen molar-refractivity contribution in [1.82, 2.24) is 4.98 Å². The molecule has 25 heavy (non-hydrogen) atoms. The van der Waals surface area contributed by atoms with Crippen LogP contribution in [0.3, 0.4) is 0 Å². The summed E-state index contributed by atoms with van der Waals surface area (Å²) in [6, 6.07) is 19.6. The summed E-state index contributed by atoms with van der Waals surface area (Å²) in [5.74, 6) is 0.891. The van der Waals surface area contributed by atoms with Crippen LogP contribution in [0.5, 0.6) is 5.75 Å². The number of ether oxygens (including phenoxy) is 1. The summed E-state index contributed by atoms with van der Waals surface area (Å²) in [7, 11) is 1.71. The molecule has 1 N–H and O–H groups in total. The number of hydrogen-bond donors (Lipinski definition) is 1. The van der Waals surface area contributed by atoms with E-state index < -0.39 is 0 Å². The van der Waals surface area contributed by atoms with E-state index >= 15 is 0 Å². The van der Waals surface area contributed by atoms with Gasteiger partial charge in [0.25, 0.3) is 0 Å². The maximum absolute atomic E-state index is 5.34. The Balaban J connectivity index is 2.08. The zero-order valence-electron chi connectivity index (χ0n) is 15.0. The Morgan fingerprint density at radius 2 is 1.68 bits per heavy atom. The Kier molecular flexibility index (Phi) is 3.96. The highest BCUT2D eigenvalue weighted by Gasteiger charge is 2.14. The number of aromatic amines is 1. The van der Waals surface area contributed by atoms with Gasteiger partial charge in [-0.1, -0.05) is 43.2 Å². The van der Waals surface area contributed by atoms with Gasteiger partial charge in [0.05, 0.1) is 7.11 Å². The summed E-state index contributed by atoms with van der Waals surface area (Å²) in [5, 5.41) is 2.63. The van der Waals surface area contributed by atoms with Crippen LogP contribution in [-0.2, 0) is 6.42 Å². The number of rotatable bonds is 4. The number of hydrogen-bond acceptors (Lipinski definition) is 1. The molecule has 0 fully saturated rings. The summed E-state index contributed by atoms with van der Waals surface area (Å²) >= 11 is 0. The van der Waals surface area contributed by atoms with Gasteiger partial charge in [0.2, 0.25) is 0 Å². The maximum atomic E-state index is 5.34. The minimum atomic E-state index is 0.891. The standard InChI is InChI=1S/C23H23NO/c1-4-5-16-9-13-21-23(19-14-15(2)6-12-20(19)24-21)22(16)17-7-10-18(25-3)11-8-17/h6-14,24H,4-5H2,1-3H3. The minimum absolute atomic E-state index is 0.891. The van der Waals surface area contributed by atoms with Gasteiger partial charge in [-0.2, -0.15) is 0 Å². The molecule has 2 heteroatoms. The lowest BCUT2D eigenvalue weighted by Gasteiger charge is -2.12. The van der Waals surface area contributed by atoms with Gasteiger partial charge in [-0.05, 0) is 60.4 Å². The first kappa shape index (κ1) is 15.8. The van der Waals surface area contributed by atoms with Crippen molar-refractivity contribution in [3.8, 4) is 16.9 Å². The van der Waals surface area contributed by atoms with E-state index in [1.807, 2.05) is 12.1 Å². The molecule has 1 heterocycles. The van der Waals surface area contributed by atoms with Crippen LogP contribution in [-0.4, -0.2) is 12.1 Å². The Morgan fingerprint density at radius 3 is 2.40 bits per heavy atom. The second kappa shape index (κ2) is 6.29. The molecule has 0 aliphatic heterocycles. The topological polar surface area (TPSA) is 25.0 Å². The van der Waals surface area contributed by atoms with Crippen molar-refractivity contribution in [3.63, 3.8) is 0 Å². The Labute approximate surface area is 148 Å². The van der Waals surface area contributed by atoms with Crippen LogP contribution >= 0.6 is 0 Å². The van der Waals surface area contributed by atoms with Gasteiger partial charge in [0, 0.05) is 21.8 Å². The van der Waals surface area contributed by atoms with Crippen LogP contribution in [0.25, 0.3) is 32.9 Å². The van der Waals surface area contributed by atoms with E-state index in [4.69, 9.17) is 4.74 Å². The molecule has 1 aromatic heterocycles. The number of aryl methyl sites for hydroxylation is 2. The molecule has 0 atom stereocenters. The molecular weight excluding hydrogens is 306 g/mol. The van der Waals surface area contributed by atoms with Crippen LogP contribution in [0.2, 0.25) is 0 Å². The van der Waals surface area contributed by atoms with E-state index in [0.717, 1.165) is 18.6 Å². The highest BCUT2D eigenvalue weighted by molar-refractivity contribution is 6.15. The first-order chi connectivity index (χ1) is 12.2. The molecule has 0 aliphatic rings. The van der Waals surface area contributed by atoms with Crippen LogP contribution in [0.4, 0.5) is 0 Å². The highest BCUT2D eigenvalue weighted by Crippen LogP contribution is 2.38. The molecule has 0 saturated carbocycles. The van der Waals surface area contributed by atoms with Gasteiger partial charge in [-0.15, -0.1) is 0 Å². The monoisotopic (exact) mass is 329 g/mol. The summed E-state index contributed by atoms with van der Waals surface area (Å²) in [4.78, 5) is 3.58. The minimum Gasteiger partial charge on any atom is -0.497 e. The zero-order valence-corrected chi connectivity index (χ0v) is 15.0. The van der Waals surface area contributed by atoms with E-state index in [9.17, 15) is 0 Å². The third kappa shape index (κ3) is 2.68. The van der Waals surface area contributed by atoms with Gasteiger partial charge in [0.1, 0.15) is 5.75 Å². The predicted molar refractivity (Wildman–Crippen MR) is 107 cm³/mol. The molecule has 0 amide bonds. The fraction of sp³-hybridized carbons (Fsp3) is 0.217. The van der Waals surface area contributed by atoms with Gasteiger partial charge < -0.3 is 9.72 Å². The van der Waals surface area contributed by atoms with Crippen LogP contribution in [0.1, 0.15) is 24.5 Å². The summed E-state index contributed by atoms with van der Waals surface area (Å²) in [6.45, 7) is 4.39. The number of fused-ring (bicyclic) bond motifs is 3. The first-order valence-electron chi connectivity index (χ1n) is 8.89. The first-order valence-corrected chi connectivity index (χ1v) is 8.89. The third-order valence-electron chi connectivity index (χ3n) is 4.90. The number of methoxy groups -OCH3 is 1. The lowest BCUT2D eigenvalue weighted by Crippen LogP contribution is -1.91. The fourth-order valence-corrected chi connectivity index (χ4v) is 3.71. The number of aromatic nitrogens is 1. The van der Waals surface area contributed by atoms with Gasteiger partial charge in [0.15, 0.2) is 0 Å². The SMILES string of the molecule is CCCc1ccc2[nH]c3ccc(C)cc3c2c1-c1ccc(OC)cc1. The third-order valence-corrected chi connectivity index (χ3v) is 4.90. The van der Waals surface area contributed by atoms with Gasteiger partial charge in [-0.3, -0.25) is 0 Å². The van der Waals surface area contributed by atoms with Crippen molar-refractivity contribution in [2.75, 3.05) is 7.11 Å². The molecule has 0 unspecified atom stereocenters. The van der Waals surface area contributed by atoms with E-state index in [1.165, 1.54) is 44.1 Å². The second-order valence-corrected chi connectivity index (χ2v) is 6.67. The Hall–Kier alpha value is -2.74.